The van der Waals surface area contributed by atoms with Crippen molar-refractivity contribution in [3.8, 4) is 0 Å². The second kappa shape index (κ2) is 5.74. The van der Waals surface area contributed by atoms with E-state index >= 15 is 0 Å². The van der Waals surface area contributed by atoms with Gasteiger partial charge >= 0.3 is 12.1 Å². The van der Waals surface area contributed by atoms with Crippen molar-refractivity contribution in [2.45, 2.75) is 18.8 Å². The molecule has 19 heavy (non-hydrogen) atoms. The molecule has 1 aromatic rings. The molecule has 0 bridgehead atoms. The van der Waals surface area contributed by atoms with Crippen LogP contribution in [0.1, 0.15) is 10.5 Å². The maximum Gasteiger partial charge on any atom is 0.406 e. The van der Waals surface area contributed by atoms with Crippen LogP contribution >= 0.6 is 0 Å². The van der Waals surface area contributed by atoms with E-state index in [2.05, 4.69) is 0 Å². The number of aliphatic hydroxyl groups is 1. The number of nitrogens with zero attached hydrogens (tertiary/aromatic N) is 1. The van der Waals surface area contributed by atoms with Crippen molar-refractivity contribution in [2.75, 3.05) is 6.61 Å². The van der Waals surface area contributed by atoms with Gasteiger partial charge in [-0.15, -0.1) is 0 Å². The first-order chi connectivity index (χ1) is 8.74. The lowest BCUT2D eigenvalue weighted by Crippen LogP contribution is -2.44. The molecule has 0 saturated carbocycles. The van der Waals surface area contributed by atoms with Crippen LogP contribution in [-0.2, 0) is 11.3 Å². The number of nitrogens with one attached hydrogen (secondary N) is 1. The average Bonchev–Trinajstić information content (AvgIpc) is 2.70. The monoisotopic (exact) mass is 280 g/mol. The Hall–Kier alpha value is -2.03. The van der Waals surface area contributed by atoms with Gasteiger partial charge in [-0.2, -0.15) is 13.2 Å². The summed E-state index contributed by atoms with van der Waals surface area (Å²) in [5, 5.41) is 19.2. The van der Waals surface area contributed by atoms with Crippen molar-refractivity contribution in [3.05, 3.63) is 24.0 Å². The van der Waals surface area contributed by atoms with E-state index in [-0.39, 0.29) is 5.69 Å². The van der Waals surface area contributed by atoms with Gasteiger partial charge in [0.05, 0.1) is 6.61 Å². The zero-order chi connectivity index (χ0) is 14.6. The van der Waals surface area contributed by atoms with Crippen LogP contribution in [0.2, 0.25) is 0 Å². The Labute approximate surface area is 105 Å². The maximum atomic E-state index is 12.2. The summed E-state index contributed by atoms with van der Waals surface area (Å²) in [6.45, 7) is -2.22. The normalized spacial score (nSPS) is 13.1. The fourth-order valence-corrected chi connectivity index (χ4v) is 1.37. The standard InChI is InChI=1S/C10H11F3N2O4/c11-10(12,13)5-15-3-1-2-7(15)8(17)14-6(4-16)9(18)19/h1-3,6,16H,4-5H2,(H,14,17)(H,18,19). The van der Waals surface area contributed by atoms with Gasteiger partial charge in [0.1, 0.15) is 12.2 Å². The van der Waals surface area contributed by atoms with Crippen molar-refractivity contribution in [3.63, 3.8) is 0 Å². The molecule has 3 N–H and O–H groups in total. The summed E-state index contributed by atoms with van der Waals surface area (Å²) in [6, 6.07) is 0.786. The van der Waals surface area contributed by atoms with Crippen LogP contribution < -0.4 is 5.32 Å². The molecule has 1 rings (SSSR count). The van der Waals surface area contributed by atoms with Gasteiger partial charge in [-0.05, 0) is 12.1 Å². The Morgan fingerprint density at radius 1 is 1.42 bits per heavy atom. The van der Waals surface area contributed by atoms with E-state index < -0.39 is 37.2 Å². The van der Waals surface area contributed by atoms with E-state index in [0.717, 1.165) is 12.3 Å². The lowest BCUT2D eigenvalue weighted by molar-refractivity contribution is -0.141. The third-order valence-corrected chi connectivity index (χ3v) is 2.20. The van der Waals surface area contributed by atoms with Crippen LogP contribution in [0.4, 0.5) is 13.2 Å². The molecule has 0 fully saturated rings. The molecule has 0 aliphatic rings. The third kappa shape index (κ3) is 4.28. The number of carboxylic acid groups (broad SMARTS) is 1. The number of hydrogen-bond acceptors (Lipinski definition) is 3. The quantitative estimate of drug-likeness (QED) is 0.719. The maximum absolute atomic E-state index is 12.2. The van der Waals surface area contributed by atoms with Crippen LogP contribution in [0.3, 0.4) is 0 Å². The summed E-state index contributed by atoms with van der Waals surface area (Å²) in [6.07, 6.45) is -3.45. The van der Waals surface area contributed by atoms with Gasteiger partial charge in [-0.1, -0.05) is 0 Å². The molecule has 1 unspecified atom stereocenters. The van der Waals surface area contributed by atoms with Crippen LogP contribution in [0, 0.1) is 0 Å². The summed E-state index contributed by atoms with van der Waals surface area (Å²) in [5.41, 5.74) is -0.336. The van der Waals surface area contributed by atoms with Crippen molar-refractivity contribution in [1.29, 1.82) is 0 Å². The Balaban J connectivity index is 2.83. The van der Waals surface area contributed by atoms with E-state index in [0.29, 0.717) is 4.57 Å². The highest BCUT2D eigenvalue weighted by Crippen LogP contribution is 2.19. The molecule has 106 valence electrons. The fraction of sp³-hybridized carbons (Fsp3) is 0.400. The number of carbonyl (C=O) groups excluding carboxylic acids is 1. The second-order valence-electron chi connectivity index (χ2n) is 3.68. The zero-order valence-electron chi connectivity index (χ0n) is 9.52. The molecule has 1 amide bonds. The fourth-order valence-electron chi connectivity index (χ4n) is 1.37. The minimum atomic E-state index is -4.50. The Kier molecular flexibility index (Phi) is 4.54. The average molecular weight is 280 g/mol. The zero-order valence-corrected chi connectivity index (χ0v) is 9.52. The predicted molar refractivity (Wildman–Crippen MR) is 56.5 cm³/mol. The Morgan fingerprint density at radius 3 is 2.53 bits per heavy atom. The van der Waals surface area contributed by atoms with Crippen LogP contribution in [0.15, 0.2) is 18.3 Å². The van der Waals surface area contributed by atoms with Gasteiger partial charge in [-0.3, -0.25) is 4.79 Å². The second-order valence-corrected chi connectivity index (χ2v) is 3.68. The number of hydrogen-bond donors (Lipinski definition) is 3. The number of carboxylic acids is 1. The van der Waals surface area contributed by atoms with Gasteiger partial charge in [0.2, 0.25) is 0 Å². The van der Waals surface area contributed by atoms with Crippen molar-refractivity contribution < 1.29 is 33.0 Å². The van der Waals surface area contributed by atoms with Gasteiger partial charge in [0.15, 0.2) is 6.04 Å². The predicted octanol–water partition coefficient (Wildman–Crippen LogP) is 0.226. The van der Waals surface area contributed by atoms with Crippen molar-refractivity contribution in [2.24, 2.45) is 0 Å². The number of rotatable bonds is 5. The molecular formula is C10H11F3N2O4. The van der Waals surface area contributed by atoms with Crippen LogP contribution in [0.5, 0.6) is 0 Å². The van der Waals surface area contributed by atoms with Gasteiger partial charge in [0, 0.05) is 6.20 Å². The molecule has 0 saturated heterocycles. The Morgan fingerprint density at radius 2 is 2.05 bits per heavy atom. The lowest BCUT2D eigenvalue weighted by atomic mass is 10.3. The van der Waals surface area contributed by atoms with E-state index in [4.69, 9.17) is 10.2 Å². The highest BCUT2D eigenvalue weighted by atomic mass is 19.4. The molecule has 0 aliphatic heterocycles. The van der Waals surface area contributed by atoms with Gasteiger partial charge < -0.3 is 20.1 Å². The lowest BCUT2D eigenvalue weighted by Gasteiger charge is -2.14. The van der Waals surface area contributed by atoms with Crippen LogP contribution in [-0.4, -0.2) is 45.5 Å². The molecule has 0 radical (unpaired) electrons. The number of alkyl halides is 3. The Bertz CT molecular complexity index is 470. The number of amides is 1. The van der Waals surface area contributed by atoms with Crippen molar-refractivity contribution in [1.82, 2.24) is 9.88 Å². The highest BCUT2D eigenvalue weighted by Gasteiger charge is 2.30. The molecule has 9 heteroatoms. The summed E-state index contributed by atoms with van der Waals surface area (Å²) in [5.74, 6) is -2.49. The largest absolute Gasteiger partial charge is 0.480 e. The molecule has 0 aliphatic carbocycles. The SMILES string of the molecule is O=C(NC(CO)C(=O)O)c1cccn1CC(F)(F)F. The van der Waals surface area contributed by atoms with Gasteiger partial charge in [-0.25, -0.2) is 4.79 Å². The number of aliphatic carboxylic acids is 1. The minimum absolute atomic E-state index is 0.336. The number of halogens is 3. The minimum Gasteiger partial charge on any atom is -0.480 e. The van der Waals surface area contributed by atoms with E-state index in [1.165, 1.54) is 6.07 Å². The van der Waals surface area contributed by atoms with E-state index in [1.807, 2.05) is 5.32 Å². The molecule has 1 atom stereocenters. The highest BCUT2D eigenvalue weighted by molar-refractivity contribution is 5.95. The summed E-state index contributed by atoms with van der Waals surface area (Å²) in [4.78, 5) is 22.2. The molecular weight excluding hydrogens is 269 g/mol. The smallest absolute Gasteiger partial charge is 0.406 e. The first-order valence-electron chi connectivity index (χ1n) is 5.11. The van der Waals surface area contributed by atoms with Crippen molar-refractivity contribution >= 4 is 11.9 Å². The third-order valence-electron chi connectivity index (χ3n) is 2.20. The number of aromatic nitrogens is 1. The molecule has 6 nitrogen and oxygen atoms in total. The van der Waals surface area contributed by atoms with Crippen LogP contribution in [0.25, 0.3) is 0 Å². The molecule has 0 aromatic carbocycles. The topological polar surface area (TPSA) is 91.6 Å². The summed E-state index contributed by atoms with van der Waals surface area (Å²) >= 11 is 0. The first kappa shape index (κ1) is 15.0. The molecule has 1 heterocycles. The summed E-state index contributed by atoms with van der Waals surface area (Å²) < 4.78 is 37.3. The van der Waals surface area contributed by atoms with E-state index in [9.17, 15) is 22.8 Å². The first-order valence-corrected chi connectivity index (χ1v) is 5.11. The van der Waals surface area contributed by atoms with Gasteiger partial charge in [0.25, 0.3) is 5.91 Å². The molecule has 1 aromatic heterocycles. The summed E-state index contributed by atoms with van der Waals surface area (Å²) in [7, 11) is 0. The number of aliphatic hydroxyl groups excluding tert-OH is 1. The number of carbonyl (C=O) groups is 2. The molecule has 0 spiro atoms. The van der Waals surface area contributed by atoms with E-state index in [1.54, 1.807) is 0 Å².